The fourth-order valence-corrected chi connectivity index (χ4v) is 5.88. The van der Waals surface area contributed by atoms with Gasteiger partial charge in [-0.15, -0.1) is 0 Å². The Morgan fingerprint density at radius 3 is 2.14 bits per heavy atom. The highest BCUT2D eigenvalue weighted by Crippen LogP contribution is 2.37. The number of halogens is 5. The van der Waals surface area contributed by atoms with Crippen molar-refractivity contribution in [2.45, 2.75) is 56.9 Å². The van der Waals surface area contributed by atoms with Crippen molar-refractivity contribution in [1.29, 1.82) is 0 Å². The van der Waals surface area contributed by atoms with Crippen molar-refractivity contribution < 1.29 is 31.2 Å². The molecule has 0 aromatic heterocycles. The lowest BCUT2D eigenvalue weighted by Crippen LogP contribution is -2.52. The first kappa shape index (κ1) is 33.2. The molecule has 0 saturated carbocycles. The normalized spacial score (nSPS) is 13.2. The average molecular weight is 645 g/mol. The van der Waals surface area contributed by atoms with E-state index in [0.29, 0.717) is 33.4 Å². The van der Waals surface area contributed by atoms with Crippen LogP contribution in [0.15, 0.2) is 77.7 Å². The number of anilines is 1. The van der Waals surface area contributed by atoms with E-state index in [1.807, 2.05) is 6.92 Å². The molecule has 0 heterocycles. The summed E-state index contributed by atoms with van der Waals surface area (Å²) in [7, 11) is -4.61. The van der Waals surface area contributed by atoms with Gasteiger partial charge in [-0.3, -0.25) is 13.9 Å². The molecule has 2 atom stereocenters. The van der Waals surface area contributed by atoms with Crippen molar-refractivity contribution in [2.24, 2.45) is 0 Å². The van der Waals surface area contributed by atoms with Gasteiger partial charge in [-0.2, -0.15) is 13.2 Å². The molecule has 0 aliphatic carbocycles. The number of hydrogen-bond donors (Lipinski definition) is 1. The van der Waals surface area contributed by atoms with E-state index >= 15 is 0 Å². The van der Waals surface area contributed by atoms with Gasteiger partial charge in [0.15, 0.2) is 0 Å². The maximum atomic E-state index is 13.9. The van der Waals surface area contributed by atoms with E-state index in [1.54, 1.807) is 37.3 Å². The molecule has 0 aliphatic heterocycles. The fraction of sp³-hybridized carbons (Fsp3) is 0.310. The minimum Gasteiger partial charge on any atom is -0.352 e. The largest absolute Gasteiger partial charge is 0.416 e. The number of nitrogens with one attached hydrogen (secondary N) is 1. The molecule has 0 radical (unpaired) electrons. The molecule has 13 heteroatoms. The van der Waals surface area contributed by atoms with E-state index in [9.17, 15) is 31.2 Å². The number of rotatable bonds is 11. The summed E-state index contributed by atoms with van der Waals surface area (Å²) in [5.74, 6) is -1.37. The predicted octanol–water partition coefficient (Wildman–Crippen LogP) is 6.54. The minimum atomic E-state index is -4.82. The second-order valence-corrected chi connectivity index (χ2v) is 12.3. The number of carbonyl (C=O) groups excluding carboxylic acids is 2. The summed E-state index contributed by atoms with van der Waals surface area (Å²) in [6.45, 7) is 3.99. The molecule has 0 unspecified atom stereocenters. The molecule has 226 valence electrons. The van der Waals surface area contributed by atoms with E-state index in [2.05, 4.69) is 5.32 Å². The molecule has 0 spiro atoms. The Hall–Kier alpha value is -3.28. The summed E-state index contributed by atoms with van der Waals surface area (Å²) in [4.78, 5) is 27.9. The Balaban J connectivity index is 2.13. The Morgan fingerprint density at radius 2 is 1.55 bits per heavy atom. The lowest BCUT2D eigenvalue weighted by atomic mass is 10.1. The van der Waals surface area contributed by atoms with Crippen LogP contribution in [-0.4, -0.2) is 43.8 Å². The molecular formula is C29H30Cl2F3N3O4S. The molecule has 2 amide bonds. The Morgan fingerprint density at radius 1 is 0.929 bits per heavy atom. The summed E-state index contributed by atoms with van der Waals surface area (Å²) in [6.07, 6.45) is -4.20. The summed E-state index contributed by atoms with van der Waals surface area (Å²) in [5, 5.41) is 2.78. The maximum absolute atomic E-state index is 13.9. The van der Waals surface area contributed by atoms with Gasteiger partial charge in [0.05, 0.1) is 21.2 Å². The predicted molar refractivity (Wildman–Crippen MR) is 157 cm³/mol. The van der Waals surface area contributed by atoms with Crippen LogP contribution in [0, 0.1) is 0 Å². The number of hydrogen-bond acceptors (Lipinski definition) is 4. The van der Waals surface area contributed by atoms with Gasteiger partial charge in [0, 0.05) is 17.6 Å². The molecule has 42 heavy (non-hydrogen) atoms. The van der Waals surface area contributed by atoms with Crippen molar-refractivity contribution in [2.75, 3.05) is 10.8 Å². The quantitative estimate of drug-likeness (QED) is 0.257. The van der Waals surface area contributed by atoms with Crippen LogP contribution in [0.2, 0.25) is 10.0 Å². The molecular weight excluding hydrogens is 614 g/mol. The van der Waals surface area contributed by atoms with Gasteiger partial charge in [0.2, 0.25) is 11.8 Å². The highest BCUT2D eigenvalue weighted by atomic mass is 35.5. The fourth-order valence-electron chi connectivity index (χ4n) is 3.97. The number of sulfonamides is 1. The van der Waals surface area contributed by atoms with Gasteiger partial charge in [0.1, 0.15) is 12.6 Å². The van der Waals surface area contributed by atoms with Crippen molar-refractivity contribution in [1.82, 2.24) is 10.2 Å². The minimum absolute atomic E-state index is 0.177. The first-order chi connectivity index (χ1) is 19.7. The zero-order valence-corrected chi connectivity index (χ0v) is 25.4. The summed E-state index contributed by atoms with van der Waals surface area (Å²) in [5.41, 5.74) is -1.22. The van der Waals surface area contributed by atoms with Crippen molar-refractivity contribution >= 4 is 50.7 Å². The Bertz CT molecular complexity index is 1520. The van der Waals surface area contributed by atoms with Crippen LogP contribution in [0.4, 0.5) is 18.9 Å². The highest BCUT2D eigenvalue weighted by Gasteiger charge is 2.36. The number of alkyl halides is 3. The van der Waals surface area contributed by atoms with Crippen molar-refractivity contribution in [3.05, 3.63) is 94.0 Å². The van der Waals surface area contributed by atoms with Gasteiger partial charge in [-0.25, -0.2) is 8.42 Å². The van der Waals surface area contributed by atoms with Gasteiger partial charge >= 0.3 is 6.18 Å². The van der Waals surface area contributed by atoms with Crippen molar-refractivity contribution in [3.8, 4) is 0 Å². The molecule has 3 aromatic rings. The van der Waals surface area contributed by atoms with Gasteiger partial charge < -0.3 is 10.2 Å². The molecule has 0 saturated heterocycles. The SMILES string of the molecule is CC[C@H](C)NC(=O)[C@H](C)N(Cc1ccccc1Cl)C(=O)CN(c1cc(C(F)(F)F)ccc1Cl)S(=O)(=O)c1ccccc1. The Kier molecular flexibility index (Phi) is 10.9. The van der Waals surface area contributed by atoms with E-state index in [1.165, 1.54) is 31.2 Å². The van der Waals surface area contributed by atoms with E-state index in [0.717, 1.165) is 11.0 Å². The zero-order valence-electron chi connectivity index (χ0n) is 23.0. The van der Waals surface area contributed by atoms with Crippen molar-refractivity contribution in [3.63, 3.8) is 0 Å². The van der Waals surface area contributed by atoms with E-state index in [4.69, 9.17) is 23.2 Å². The first-order valence-electron chi connectivity index (χ1n) is 12.9. The van der Waals surface area contributed by atoms with E-state index in [-0.39, 0.29) is 22.5 Å². The third kappa shape index (κ3) is 7.96. The van der Waals surface area contributed by atoms with Gasteiger partial charge in [0.25, 0.3) is 10.0 Å². The molecule has 0 fully saturated rings. The summed E-state index contributed by atoms with van der Waals surface area (Å²) in [6, 6.07) is 14.4. The molecule has 3 aromatic carbocycles. The second kappa shape index (κ2) is 13.8. The third-order valence-electron chi connectivity index (χ3n) is 6.62. The zero-order chi connectivity index (χ0) is 31.2. The van der Waals surface area contributed by atoms with Crippen LogP contribution in [0.25, 0.3) is 0 Å². The third-order valence-corrected chi connectivity index (χ3v) is 9.08. The molecule has 0 aliphatic rings. The molecule has 3 rings (SSSR count). The monoisotopic (exact) mass is 643 g/mol. The van der Waals surface area contributed by atoms with Crippen LogP contribution < -0.4 is 9.62 Å². The van der Waals surface area contributed by atoms with Crippen LogP contribution in [-0.2, 0) is 32.3 Å². The van der Waals surface area contributed by atoms with Crippen LogP contribution in [0.1, 0.15) is 38.3 Å². The number of amides is 2. The van der Waals surface area contributed by atoms with Crippen LogP contribution >= 0.6 is 23.2 Å². The maximum Gasteiger partial charge on any atom is 0.416 e. The first-order valence-corrected chi connectivity index (χ1v) is 15.1. The van der Waals surface area contributed by atoms with Gasteiger partial charge in [-0.1, -0.05) is 66.5 Å². The lowest BCUT2D eigenvalue weighted by Gasteiger charge is -2.33. The number of carbonyl (C=O) groups is 2. The van der Waals surface area contributed by atoms with Crippen LogP contribution in [0.3, 0.4) is 0 Å². The number of benzene rings is 3. The molecule has 0 bridgehead atoms. The summed E-state index contributed by atoms with van der Waals surface area (Å²) < 4.78 is 69.1. The van der Waals surface area contributed by atoms with Gasteiger partial charge in [-0.05, 0) is 62.2 Å². The van der Waals surface area contributed by atoms with E-state index < -0.39 is 51.9 Å². The highest BCUT2D eigenvalue weighted by molar-refractivity contribution is 7.92. The molecule has 7 nitrogen and oxygen atoms in total. The summed E-state index contributed by atoms with van der Waals surface area (Å²) >= 11 is 12.6. The topological polar surface area (TPSA) is 86.8 Å². The lowest BCUT2D eigenvalue weighted by molar-refractivity contribution is -0.139. The second-order valence-electron chi connectivity index (χ2n) is 9.60. The van der Waals surface area contributed by atoms with Crippen LogP contribution in [0.5, 0.6) is 0 Å². The molecule has 1 N–H and O–H groups in total. The standard InChI is InChI=1S/C29H30Cl2F3N3O4S/c1-4-19(2)35-28(39)20(3)36(17-21-10-8-9-13-24(21)30)27(38)18-37(42(40,41)23-11-6-5-7-12-23)26-16-22(29(32,33)34)14-15-25(26)31/h5-16,19-20H,4,17-18H2,1-3H3,(H,35,39)/t19-,20-/m0/s1. The smallest absolute Gasteiger partial charge is 0.352 e. The number of nitrogens with zero attached hydrogens (tertiary/aromatic N) is 2. The average Bonchev–Trinajstić information content (AvgIpc) is 2.95. The Labute approximate surface area is 253 Å².